The van der Waals surface area contributed by atoms with Gasteiger partial charge in [0.25, 0.3) is 0 Å². The lowest BCUT2D eigenvalue weighted by atomic mass is 9.59. The fraction of sp³-hybridized carbons (Fsp3) is 0.588. The van der Waals surface area contributed by atoms with Gasteiger partial charge in [-0.2, -0.15) is 0 Å². The Labute approximate surface area is 124 Å². The Kier molecular flexibility index (Phi) is 3.05. The first kappa shape index (κ1) is 13.3. The molecule has 1 heterocycles. The van der Waals surface area contributed by atoms with Gasteiger partial charge >= 0.3 is 5.97 Å². The van der Waals surface area contributed by atoms with Gasteiger partial charge in [0.1, 0.15) is 0 Å². The van der Waals surface area contributed by atoms with Crippen LogP contribution < -0.4 is 0 Å². The second-order valence-corrected chi connectivity index (χ2v) is 6.10. The normalized spacial score (nSPS) is 32.1. The Bertz CT molecular complexity index is 562. The Balaban J connectivity index is 1.75. The van der Waals surface area contributed by atoms with Crippen molar-refractivity contribution in [2.75, 3.05) is 19.8 Å². The quantitative estimate of drug-likeness (QED) is 0.785. The summed E-state index contributed by atoms with van der Waals surface area (Å²) in [5.41, 5.74) is 2.56. The number of ether oxygens (including phenoxy) is 3. The van der Waals surface area contributed by atoms with Crippen LogP contribution in [0.15, 0.2) is 24.3 Å². The highest BCUT2D eigenvalue weighted by molar-refractivity contribution is 5.75. The average molecular weight is 288 g/mol. The topological polar surface area (TPSA) is 44.8 Å². The van der Waals surface area contributed by atoms with E-state index in [-0.39, 0.29) is 23.7 Å². The number of rotatable bonds is 2. The standard InChI is InChI=1S/C17H20O4/c1-2-19-16(18)13-9-15-12-6-4-3-5-11(12)14(13)10-17(15)20-7-8-21-17/h3-6,13-15H,2,7-10H2,1H3. The first-order chi connectivity index (χ1) is 10.2. The minimum atomic E-state index is -0.512. The number of hydrogen-bond donors (Lipinski definition) is 0. The van der Waals surface area contributed by atoms with Crippen molar-refractivity contribution in [2.24, 2.45) is 5.92 Å². The van der Waals surface area contributed by atoms with Crippen LogP contribution in [-0.2, 0) is 19.0 Å². The van der Waals surface area contributed by atoms with E-state index in [1.165, 1.54) is 11.1 Å². The molecule has 4 nitrogen and oxygen atoms in total. The lowest BCUT2D eigenvalue weighted by Crippen LogP contribution is -2.51. The molecule has 4 heteroatoms. The molecule has 3 atom stereocenters. The molecule has 1 aliphatic heterocycles. The third-order valence-corrected chi connectivity index (χ3v) is 5.15. The summed E-state index contributed by atoms with van der Waals surface area (Å²) in [6.07, 6.45) is 1.53. The van der Waals surface area contributed by atoms with Gasteiger partial charge in [-0.3, -0.25) is 4.79 Å². The largest absolute Gasteiger partial charge is 0.466 e. The van der Waals surface area contributed by atoms with Crippen molar-refractivity contribution in [1.29, 1.82) is 0 Å². The summed E-state index contributed by atoms with van der Waals surface area (Å²) in [6.45, 7) is 3.59. The van der Waals surface area contributed by atoms with E-state index < -0.39 is 5.79 Å². The van der Waals surface area contributed by atoms with E-state index in [1.54, 1.807) is 0 Å². The molecule has 1 aromatic carbocycles. The summed E-state index contributed by atoms with van der Waals surface area (Å²) in [6, 6.07) is 8.40. The Morgan fingerprint density at radius 2 is 2.00 bits per heavy atom. The third kappa shape index (κ3) is 1.86. The Hall–Kier alpha value is -1.39. The van der Waals surface area contributed by atoms with Gasteiger partial charge in [0.2, 0.25) is 0 Å². The molecule has 0 amide bonds. The van der Waals surface area contributed by atoms with Gasteiger partial charge in [-0.15, -0.1) is 0 Å². The SMILES string of the molecule is CCOC(=O)C1CC2c3ccccc3C1CC21OCCO1. The lowest BCUT2D eigenvalue weighted by Gasteiger charge is -2.51. The number of esters is 1. The summed E-state index contributed by atoms with van der Waals surface area (Å²) < 4.78 is 17.3. The van der Waals surface area contributed by atoms with Gasteiger partial charge in [0.05, 0.1) is 25.7 Å². The van der Waals surface area contributed by atoms with Crippen molar-refractivity contribution in [3.8, 4) is 0 Å². The number of carbonyl (C=O) groups excluding carboxylic acids is 1. The molecule has 1 aromatic rings. The van der Waals surface area contributed by atoms with E-state index in [0.29, 0.717) is 19.8 Å². The second-order valence-electron chi connectivity index (χ2n) is 6.10. The molecular weight excluding hydrogens is 268 g/mol. The van der Waals surface area contributed by atoms with Gasteiger partial charge in [0.15, 0.2) is 5.79 Å². The minimum Gasteiger partial charge on any atom is -0.466 e. The van der Waals surface area contributed by atoms with Gasteiger partial charge in [-0.05, 0) is 24.5 Å². The maximum absolute atomic E-state index is 12.3. The van der Waals surface area contributed by atoms with Crippen LogP contribution in [0.3, 0.4) is 0 Å². The van der Waals surface area contributed by atoms with Crippen LogP contribution in [0, 0.1) is 5.92 Å². The van der Waals surface area contributed by atoms with Crippen LogP contribution in [0.4, 0.5) is 0 Å². The molecule has 1 spiro atoms. The Morgan fingerprint density at radius 3 is 2.71 bits per heavy atom. The van der Waals surface area contributed by atoms with E-state index in [0.717, 1.165) is 12.8 Å². The predicted molar refractivity (Wildman–Crippen MR) is 75.9 cm³/mol. The fourth-order valence-corrected chi connectivity index (χ4v) is 4.34. The molecule has 21 heavy (non-hydrogen) atoms. The van der Waals surface area contributed by atoms with Crippen LogP contribution in [0.25, 0.3) is 0 Å². The van der Waals surface area contributed by atoms with Gasteiger partial charge in [0, 0.05) is 18.3 Å². The number of hydrogen-bond acceptors (Lipinski definition) is 4. The van der Waals surface area contributed by atoms with E-state index in [2.05, 4.69) is 18.2 Å². The molecule has 112 valence electrons. The fourth-order valence-electron chi connectivity index (χ4n) is 4.34. The van der Waals surface area contributed by atoms with Crippen molar-refractivity contribution in [3.63, 3.8) is 0 Å². The minimum absolute atomic E-state index is 0.0664. The summed E-state index contributed by atoms with van der Waals surface area (Å²) in [7, 11) is 0. The zero-order valence-corrected chi connectivity index (χ0v) is 12.2. The van der Waals surface area contributed by atoms with Crippen molar-refractivity contribution in [2.45, 2.75) is 37.4 Å². The molecule has 1 saturated carbocycles. The summed E-state index contributed by atoms with van der Waals surface area (Å²) in [4.78, 5) is 12.3. The maximum Gasteiger partial charge on any atom is 0.309 e. The van der Waals surface area contributed by atoms with E-state index in [9.17, 15) is 4.79 Å². The lowest BCUT2D eigenvalue weighted by molar-refractivity contribution is -0.210. The highest BCUT2D eigenvalue weighted by Gasteiger charge is 2.58. The van der Waals surface area contributed by atoms with Gasteiger partial charge in [-0.1, -0.05) is 24.3 Å². The average Bonchev–Trinajstić information content (AvgIpc) is 2.96. The molecular formula is C17H20O4. The summed E-state index contributed by atoms with van der Waals surface area (Å²) in [5.74, 6) is -0.376. The van der Waals surface area contributed by atoms with Crippen LogP contribution in [0.2, 0.25) is 0 Å². The predicted octanol–water partition coefficient (Wildman–Crippen LogP) is 2.58. The van der Waals surface area contributed by atoms with Crippen molar-refractivity contribution >= 4 is 5.97 Å². The zero-order chi connectivity index (χ0) is 14.4. The molecule has 4 aliphatic rings. The van der Waals surface area contributed by atoms with Crippen LogP contribution in [0.1, 0.15) is 42.7 Å². The smallest absolute Gasteiger partial charge is 0.309 e. The highest BCUT2D eigenvalue weighted by Crippen LogP contribution is 2.59. The van der Waals surface area contributed by atoms with E-state index >= 15 is 0 Å². The van der Waals surface area contributed by atoms with Crippen molar-refractivity contribution in [3.05, 3.63) is 35.4 Å². The molecule has 0 N–H and O–H groups in total. The van der Waals surface area contributed by atoms with Crippen molar-refractivity contribution in [1.82, 2.24) is 0 Å². The summed E-state index contributed by atoms with van der Waals surface area (Å²) in [5, 5.41) is 0. The number of benzene rings is 1. The van der Waals surface area contributed by atoms with Crippen molar-refractivity contribution < 1.29 is 19.0 Å². The molecule has 0 radical (unpaired) electrons. The molecule has 2 bridgehead atoms. The highest BCUT2D eigenvalue weighted by atomic mass is 16.7. The van der Waals surface area contributed by atoms with E-state index in [1.807, 2.05) is 13.0 Å². The molecule has 2 fully saturated rings. The molecule has 0 aromatic heterocycles. The van der Waals surface area contributed by atoms with Crippen LogP contribution >= 0.6 is 0 Å². The Morgan fingerprint density at radius 1 is 1.29 bits per heavy atom. The number of carbonyl (C=O) groups is 1. The number of fused-ring (bicyclic) bond motifs is 1. The maximum atomic E-state index is 12.3. The van der Waals surface area contributed by atoms with Crippen LogP contribution in [-0.4, -0.2) is 31.6 Å². The second kappa shape index (κ2) is 4.82. The van der Waals surface area contributed by atoms with Crippen LogP contribution in [0.5, 0.6) is 0 Å². The molecule has 3 unspecified atom stereocenters. The molecule has 5 rings (SSSR count). The third-order valence-electron chi connectivity index (χ3n) is 5.15. The van der Waals surface area contributed by atoms with E-state index in [4.69, 9.17) is 14.2 Å². The molecule has 3 aliphatic carbocycles. The van der Waals surface area contributed by atoms with Gasteiger partial charge < -0.3 is 14.2 Å². The summed E-state index contributed by atoms with van der Waals surface area (Å²) >= 11 is 0. The zero-order valence-electron chi connectivity index (χ0n) is 12.2. The monoisotopic (exact) mass is 288 g/mol. The van der Waals surface area contributed by atoms with Gasteiger partial charge in [-0.25, -0.2) is 0 Å². The molecule has 1 saturated heterocycles. The first-order valence-electron chi connectivity index (χ1n) is 7.78. The first-order valence-corrected chi connectivity index (χ1v) is 7.78.